The van der Waals surface area contributed by atoms with Crippen LogP contribution in [0.15, 0.2) is 0 Å². The van der Waals surface area contributed by atoms with Gasteiger partial charge in [-0.15, -0.1) is 15.5 Å². The van der Waals surface area contributed by atoms with Crippen LogP contribution < -0.4 is 0 Å². The second kappa shape index (κ2) is 2.53. The molecule has 0 saturated carbocycles. The highest BCUT2D eigenvalue weighted by atomic mass is 32.5. The second-order valence-corrected chi connectivity index (χ2v) is 6.40. The van der Waals surface area contributed by atoms with E-state index in [9.17, 15) is 50.7 Å². The molecular formula is C4F12OS. The van der Waals surface area contributed by atoms with Gasteiger partial charge in [-0.05, 0) is 0 Å². The summed E-state index contributed by atoms with van der Waals surface area (Å²) >= 11 is 0. The number of rotatable bonds is 0. The third kappa shape index (κ3) is 1.13. The molecule has 0 spiro atoms. The molecule has 1 aliphatic heterocycles. The van der Waals surface area contributed by atoms with E-state index in [0.29, 0.717) is 0 Å². The number of hydrogen-bond donors (Lipinski definition) is 0. The van der Waals surface area contributed by atoms with E-state index in [2.05, 4.69) is 0 Å². The molecule has 0 aliphatic carbocycles. The van der Waals surface area contributed by atoms with E-state index in [0.717, 1.165) is 0 Å². The first-order chi connectivity index (χ1) is 7.25. The Kier molecular flexibility index (Phi) is 2.18. The molecule has 18 heavy (non-hydrogen) atoms. The lowest BCUT2D eigenvalue weighted by Gasteiger charge is -2.61. The highest BCUT2D eigenvalue weighted by molar-refractivity contribution is 8.51. The minimum atomic E-state index is -12.6. The summed E-state index contributed by atoms with van der Waals surface area (Å²) in [6.45, 7) is 0. The van der Waals surface area contributed by atoms with Gasteiger partial charge in [0.1, 0.15) is 0 Å². The Balaban J connectivity index is 3.85. The van der Waals surface area contributed by atoms with Crippen LogP contribution in [0.5, 0.6) is 0 Å². The zero-order chi connectivity index (χ0) is 15.1. The van der Waals surface area contributed by atoms with E-state index < -0.39 is 32.6 Å². The van der Waals surface area contributed by atoms with E-state index >= 15 is 0 Å². The van der Waals surface area contributed by atoms with Crippen molar-refractivity contribution in [1.82, 2.24) is 0 Å². The van der Waals surface area contributed by atoms with Crippen molar-refractivity contribution in [2.75, 3.05) is 0 Å². The third-order valence-electron chi connectivity index (χ3n) is 1.97. The van der Waals surface area contributed by atoms with Crippen LogP contribution in [0.1, 0.15) is 0 Å². The van der Waals surface area contributed by atoms with Gasteiger partial charge in [-0.1, -0.05) is 0 Å². The molecule has 1 nitrogen and oxygen atoms in total. The molecule has 1 aliphatic rings. The Morgan fingerprint density at radius 3 is 1.00 bits per heavy atom. The number of hydrogen-bond acceptors (Lipinski definition) is 1. The molecule has 112 valence electrons. The van der Waals surface area contributed by atoms with E-state index in [-0.39, 0.29) is 0 Å². The largest absolute Gasteiger partial charge is 0.449 e. The zero-order valence-electron chi connectivity index (χ0n) is 7.35. The van der Waals surface area contributed by atoms with Crippen LogP contribution in [0.25, 0.3) is 0 Å². The maximum absolute atomic E-state index is 12.6. The molecule has 1 fully saturated rings. The van der Waals surface area contributed by atoms with Crippen LogP contribution in [-0.4, -0.2) is 22.7 Å². The summed E-state index contributed by atoms with van der Waals surface area (Å²) in [6.07, 6.45) is -14.4. The quantitative estimate of drug-likeness (QED) is 0.582. The van der Waals surface area contributed by atoms with Gasteiger partial charge in [-0.3, -0.25) is 0 Å². The van der Waals surface area contributed by atoms with E-state index in [1.54, 1.807) is 0 Å². The number of halogens is 12. The summed E-state index contributed by atoms with van der Waals surface area (Å²) in [6, 6.07) is 0. The minimum absolute atomic E-state index is 1.46. The average molecular weight is 324 g/mol. The Morgan fingerprint density at radius 1 is 0.556 bits per heavy atom. The SMILES string of the molecule is FC1(F)OC(F)(F)C(F)(F)S(F)(F)(F)(F)C1(F)F. The van der Waals surface area contributed by atoms with Crippen molar-refractivity contribution >= 4 is 9.84 Å². The van der Waals surface area contributed by atoms with Crippen LogP contribution in [0.2, 0.25) is 0 Å². The van der Waals surface area contributed by atoms with Crippen LogP contribution in [0, 0.1) is 0 Å². The van der Waals surface area contributed by atoms with Gasteiger partial charge in [-0.25, -0.2) is 4.74 Å². The van der Waals surface area contributed by atoms with E-state index in [4.69, 9.17) is 0 Å². The van der Waals surface area contributed by atoms with Crippen molar-refractivity contribution < 1.29 is 55.4 Å². The van der Waals surface area contributed by atoms with Crippen molar-refractivity contribution in [3.63, 3.8) is 0 Å². The molecule has 0 aromatic carbocycles. The van der Waals surface area contributed by atoms with E-state index in [1.807, 2.05) is 0 Å². The van der Waals surface area contributed by atoms with Gasteiger partial charge in [0, 0.05) is 0 Å². The molecular weight excluding hydrogens is 324 g/mol. The van der Waals surface area contributed by atoms with Crippen molar-refractivity contribution in [2.24, 2.45) is 0 Å². The Labute approximate surface area is 89.1 Å². The molecule has 14 heteroatoms. The predicted molar refractivity (Wildman–Crippen MR) is 32.9 cm³/mol. The Morgan fingerprint density at radius 2 is 0.778 bits per heavy atom. The maximum atomic E-state index is 12.4. The first-order valence-electron chi connectivity index (χ1n) is 3.45. The first-order valence-corrected chi connectivity index (χ1v) is 5.50. The molecule has 0 atom stereocenters. The Bertz CT molecular complexity index is 370. The Hall–Kier alpha value is -0.530. The summed E-state index contributed by atoms with van der Waals surface area (Å²) < 4.78 is 148. The summed E-state index contributed by atoms with van der Waals surface area (Å²) in [7, 11) is -12.6. The first kappa shape index (κ1) is 15.5. The van der Waals surface area contributed by atoms with Crippen LogP contribution in [0.4, 0.5) is 50.7 Å². The van der Waals surface area contributed by atoms with Gasteiger partial charge in [0.15, 0.2) is 0 Å². The molecule has 0 radical (unpaired) electrons. The zero-order valence-corrected chi connectivity index (χ0v) is 8.17. The summed E-state index contributed by atoms with van der Waals surface area (Å²) in [5, 5.41) is -16.2. The molecule has 0 bridgehead atoms. The molecule has 0 aromatic rings. The molecule has 0 unspecified atom stereocenters. The van der Waals surface area contributed by atoms with Crippen LogP contribution in [-0.2, 0) is 4.74 Å². The lowest BCUT2D eigenvalue weighted by molar-refractivity contribution is -0.465. The average Bonchev–Trinajstić information content (AvgIpc) is 1.96. The predicted octanol–water partition coefficient (Wildman–Crippen LogP) is 4.80. The van der Waals surface area contributed by atoms with Crippen LogP contribution >= 0.6 is 9.84 Å². The third-order valence-corrected chi connectivity index (χ3v) is 4.50. The second-order valence-electron chi connectivity index (χ2n) is 3.24. The standard InChI is InChI=1S/C4F12OS/c5-1(6)3(9,10)18(13,14,15,16)4(11,12)2(7,8)17-1. The highest BCUT2D eigenvalue weighted by Crippen LogP contribution is 3.12. The smallest absolute Gasteiger partial charge is 0.244 e. The van der Waals surface area contributed by atoms with Gasteiger partial charge in [0.25, 0.3) is 9.84 Å². The van der Waals surface area contributed by atoms with Crippen molar-refractivity contribution in [2.45, 2.75) is 22.7 Å². The van der Waals surface area contributed by atoms with Crippen molar-refractivity contribution in [3.8, 4) is 0 Å². The fourth-order valence-corrected chi connectivity index (χ4v) is 2.28. The highest BCUT2D eigenvalue weighted by Gasteiger charge is 3.09. The summed E-state index contributed by atoms with van der Waals surface area (Å²) in [5.74, 6) is 0. The monoisotopic (exact) mass is 324 g/mol. The van der Waals surface area contributed by atoms with Gasteiger partial charge in [-0.2, -0.15) is 35.1 Å². The van der Waals surface area contributed by atoms with Gasteiger partial charge in [0.2, 0.25) is 0 Å². The van der Waals surface area contributed by atoms with Gasteiger partial charge in [0.05, 0.1) is 0 Å². The van der Waals surface area contributed by atoms with Crippen LogP contribution in [0.3, 0.4) is 0 Å². The fraction of sp³-hybridized carbons (Fsp3) is 1.00. The lowest BCUT2D eigenvalue weighted by atomic mass is 10.5. The van der Waals surface area contributed by atoms with Crippen molar-refractivity contribution in [3.05, 3.63) is 0 Å². The normalized spacial score (nSPS) is 40.7. The molecule has 0 amide bonds. The number of ether oxygens (including phenoxy) is 1. The van der Waals surface area contributed by atoms with Crippen molar-refractivity contribution in [1.29, 1.82) is 0 Å². The molecule has 1 rings (SSSR count). The summed E-state index contributed by atoms with van der Waals surface area (Å²) in [5.41, 5.74) is 0. The molecule has 0 aromatic heterocycles. The van der Waals surface area contributed by atoms with Gasteiger partial charge >= 0.3 is 22.7 Å². The molecule has 1 saturated heterocycles. The van der Waals surface area contributed by atoms with Gasteiger partial charge < -0.3 is 0 Å². The fourth-order valence-electron chi connectivity index (χ4n) is 0.919. The molecule has 0 N–H and O–H groups in total. The number of alkyl halides is 8. The topological polar surface area (TPSA) is 9.23 Å². The summed E-state index contributed by atoms with van der Waals surface area (Å²) in [4.78, 5) is 0. The minimum Gasteiger partial charge on any atom is -0.244 e. The molecule has 1 heterocycles. The lowest BCUT2D eigenvalue weighted by Crippen LogP contribution is -2.71. The maximum Gasteiger partial charge on any atom is 0.449 e. The van der Waals surface area contributed by atoms with E-state index in [1.165, 1.54) is 4.74 Å².